The summed E-state index contributed by atoms with van der Waals surface area (Å²) < 4.78 is 11.5. The Labute approximate surface area is 253 Å². The van der Waals surface area contributed by atoms with Crippen LogP contribution in [0.5, 0.6) is 0 Å². The number of carbonyl (C=O) groups excluding carboxylic acids is 2. The van der Waals surface area contributed by atoms with Crippen LogP contribution in [0.25, 0.3) is 0 Å². The minimum atomic E-state index is -0.284. The minimum absolute atomic E-state index is 0.245. The van der Waals surface area contributed by atoms with Gasteiger partial charge >= 0.3 is 6.03 Å². The lowest BCUT2D eigenvalue weighted by Crippen LogP contribution is -2.46. The van der Waals surface area contributed by atoms with Crippen molar-refractivity contribution >= 4 is 23.3 Å². The van der Waals surface area contributed by atoms with Crippen molar-refractivity contribution in [2.75, 3.05) is 57.4 Å². The number of ether oxygens (including phenoxy) is 2. The molecule has 43 heavy (non-hydrogen) atoms. The highest BCUT2D eigenvalue weighted by atomic mass is 16.6. The molecule has 10 heteroatoms. The van der Waals surface area contributed by atoms with Crippen LogP contribution in [0.15, 0.2) is 96.5 Å². The second-order valence-corrected chi connectivity index (χ2v) is 10.9. The van der Waals surface area contributed by atoms with Gasteiger partial charge in [0.15, 0.2) is 12.0 Å². The van der Waals surface area contributed by atoms with Gasteiger partial charge in [-0.15, -0.1) is 0 Å². The second kappa shape index (κ2) is 14.6. The molecular weight excluding hydrogens is 544 g/mol. The fourth-order valence-corrected chi connectivity index (χ4v) is 5.11. The number of carbonyl (C=O) groups is 2. The van der Waals surface area contributed by atoms with Crippen molar-refractivity contribution in [2.45, 2.75) is 25.8 Å². The van der Waals surface area contributed by atoms with Gasteiger partial charge in [0.2, 0.25) is 5.88 Å². The van der Waals surface area contributed by atoms with E-state index in [1.807, 2.05) is 36.4 Å². The van der Waals surface area contributed by atoms with E-state index in [1.54, 1.807) is 35.4 Å². The number of anilines is 2. The summed E-state index contributed by atoms with van der Waals surface area (Å²) in [5.74, 6) is 0.587. The molecule has 2 aromatic carbocycles. The third kappa shape index (κ3) is 8.50. The molecule has 1 fully saturated rings. The van der Waals surface area contributed by atoms with E-state index < -0.39 is 0 Å². The molecular formula is C33H40N6O4. The first-order chi connectivity index (χ1) is 20.9. The third-order valence-electron chi connectivity index (χ3n) is 7.71. The molecule has 2 heterocycles. The Hall–Kier alpha value is -4.54. The van der Waals surface area contributed by atoms with E-state index in [9.17, 15) is 9.59 Å². The van der Waals surface area contributed by atoms with E-state index in [1.165, 1.54) is 6.26 Å². The highest BCUT2D eigenvalue weighted by molar-refractivity contribution is 6.05. The molecule has 0 spiro atoms. The number of nitrogens with two attached hydrogens (primary N) is 1. The largest absolute Gasteiger partial charge is 0.463 e. The SMILES string of the molecule is CN1CCN(CCCN(Cc2ccc(C(=O)Nc3ccccc3N)cc2)C(=O)NC2=COC=C(C3=CC=CCC3)O2)CC1. The number of likely N-dealkylation sites (N-methyl/N-ethyl adjacent to an activating group) is 1. The Morgan fingerprint density at radius 3 is 2.53 bits per heavy atom. The number of para-hydroxylation sites is 2. The Morgan fingerprint density at radius 1 is 1.00 bits per heavy atom. The van der Waals surface area contributed by atoms with Crippen molar-refractivity contribution < 1.29 is 19.1 Å². The molecule has 1 saturated heterocycles. The van der Waals surface area contributed by atoms with Gasteiger partial charge in [0.1, 0.15) is 6.26 Å². The topological polar surface area (TPSA) is 112 Å². The molecule has 2 aliphatic heterocycles. The highest BCUT2D eigenvalue weighted by Crippen LogP contribution is 2.25. The highest BCUT2D eigenvalue weighted by Gasteiger charge is 2.21. The van der Waals surface area contributed by atoms with E-state index in [0.29, 0.717) is 35.8 Å². The van der Waals surface area contributed by atoms with E-state index in [0.717, 1.165) is 63.1 Å². The lowest BCUT2D eigenvalue weighted by molar-refractivity contribution is 0.102. The lowest BCUT2D eigenvalue weighted by atomic mass is 10.0. The average molecular weight is 585 g/mol. The number of amides is 3. The van der Waals surface area contributed by atoms with Crippen molar-refractivity contribution in [3.8, 4) is 0 Å². The maximum absolute atomic E-state index is 13.5. The van der Waals surface area contributed by atoms with Crippen LogP contribution >= 0.6 is 0 Å². The molecule has 0 radical (unpaired) electrons. The van der Waals surface area contributed by atoms with E-state index in [4.69, 9.17) is 15.2 Å². The number of allylic oxidation sites excluding steroid dienone is 4. The number of nitrogen functional groups attached to an aromatic ring is 1. The van der Waals surface area contributed by atoms with Crippen LogP contribution in [0.3, 0.4) is 0 Å². The smallest absolute Gasteiger partial charge is 0.324 e. The first kappa shape index (κ1) is 29.9. The van der Waals surface area contributed by atoms with Gasteiger partial charge in [-0.2, -0.15) is 0 Å². The zero-order valence-corrected chi connectivity index (χ0v) is 24.6. The molecule has 226 valence electrons. The van der Waals surface area contributed by atoms with Crippen LogP contribution in [0.2, 0.25) is 0 Å². The summed E-state index contributed by atoms with van der Waals surface area (Å²) in [5, 5.41) is 5.73. The van der Waals surface area contributed by atoms with Crippen molar-refractivity contribution in [1.82, 2.24) is 20.0 Å². The zero-order chi connectivity index (χ0) is 30.0. The fraction of sp³-hybridized carbons (Fsp3) is 0.333. The van der Waals surface area contributed by atoms with Gasteiger partial charge in [0.25, 0.3) is 5.91 Å². The molecule has 10 nitrogen and oxygen atoms in total. The van der Waals surface area contributed by atoms with Crippen molar-refractivity contribution in [3.05, 3.63) is 108 Å². The molecule has 0 aromatic heterocycles. The Morgan fingerprint density at radius 2 is 1.79 bits per heavy atom. The molecule has 3 amide bonds. The van der Waals surface area contributed by atoms with Crippen molar-refractivity contribution in [1.29, 1.82) is 0 Å². The maximum atomic E-state index is 13.5. The molecule has 0 bridgehead atoms. The number of nitrogens with zero attached hydrogens (tertiary/aromatic N) is 3. The Bertz CT molecular complexity index is 1410. The second-order valence-electron chi connectivity index (χ2n) is 10.9. The first-order valence-corrected chi connectivity index (χ1v) is 14.8. The van der Waals surface area contributed by atoms with Gasteiger partial charge in [-0.3, -0.25) is 10.1 Å². The van der Waals surface area contributed by atoms with Crippen molar-refractivity contribution in [2.24, 2.45) is 0 Å². The van der Waals surface area contributed by atoms with E-state index in [-0.39, 0.29) is 17.8 Å². The summed E-state index contributed by atoms with van der Waals surface area (Å²) >= 11 is 0. The number of piperazine rings is 1. The van der Waals surface area contributed by atoms with Crippen LogP contribution in [-0.4, -0.2) is 73.0 Å². The molecule has 4 N–H and O–H groups in total. The van der Waals surface area contributed by atoms with Gasteiger partial charge in [-0.05, 0) is 68.3 Å². The molecule has 5 rings (SSSR count). The predicted octanol–water partition coefficient (Wildman–Crippen LogP) is 4.63. The van der Waals surface area contributed by atoms with Gasteiger partial charge < -0.3 is 35.2 Å². The molecule has 1 aliphatic carbocycles. The fourth-order valence-electron chi connectivity index (χ4n) is 5.11. The predicted molar refractivity (Wildman–Crippen MR) is 168 cm³/mol. The van der Waals surface area contributed by atoms with Gasteiger partial charge in [0.05, 0.1) is 11.4 Å². The van der Waals surface area contributed by atoms with E-state index >= 15 is 0 Å². The van der Waals surface area contributed by atoms with Crippen LogP contribution in [0.1, 0.15) is 35.2 Å². The summed E-state index contributed by atoms with van der Waals surface area (Å²) in [4.78, 5) is 32.9. The molecule has 2 aromatic rings. The van der Waals surface area contributed by atoms with E-state index in [2.05, 4.69) is 33.6 Å². The van der Waals surface area contributed by atoms with Gasteiger partial charge in [-0.25, -0.2) is 4.79 Å². The Balaban J connectivity index is 1.22. The van der Waals surface area contributed by atoms with Gasteiger partial charge in [-0.1, -0.05) is 42.5 Å². The number of benzene rings is 2. The van der Waals surface area contributed by atoms with Crippen LogP contribution in [-0.2, 0) is 16.0 Å². The molecule has 3 aliphatic rings. The summed E-state index contributed by atoms with van der Waals surface area (Å²) in [6.07, 6.45) is 11.6. The number of urea groups is 1. The Kier molecular flexibility index (Phi) is 10.1. The maximum Gasteiger partial charge on any atom is 0.324 e. The van der Waals surface area contributed by atoms with Crippen LogP contribution in [0.4, 0.5) is 16.2 Å². The lowest BCUT2D eigenvalue weighted by Gasteiger charge is -2.33. The number of hydrogen-bond acceptors (Lipinski definition) is 7. The quantitative estimate of drug-likeness (QED) is 0.349. The van der Waals surface area contributed by atoms with Crippen LogP contribution in [0, 0.1) is 0 Å². The summed E-state index contributed by atoms with van der Waals surface area (Å²) in [6, 6.07) is 14.1. The number of hydrogen-bond donors (Lipinski definition) is 3. The summed E-state index contributed by atoms with van der Waals surface area (Å²) in [7, 11) is 2.14. The monoisotopic (exact) mass is 584 g/mol. The van der Waals surface area contributed by atoms with Gasteiger partial charge in [0, 0.05) is 44.8 Å². The molecule has 0 atom stereocenters. The number of rotatable bonds is 10. The standard InChI is InChI=1S/C33H40N6O4/c1-37-18-20-38(21-19-37)16-7-17-39(33(41)36-31-24-42-23-30(43-31)26-8-3-2-4-9-26)22-25-12-14-27(15-13-25)32(40)35-29-11-6-5-10-28(29)34/h2-3,5-6,8,10-15,23-24H,4,7,9,16-22,34H2,1H3,(H,35,40)(H,36,41). The van der Waals surface area contributed by atoms with Crippen molar-refractivity contribution in [3.63, 3.8) is 0 Å². The molecule has 0 unspecified atom stereocenters. The van der Waals surface area contributed by atoms with Crippen LogP contribution < -0.4 is 16.4 Å². The molecule has 0 saturated carbocycles. The third-order valence-corrected chi connectivity index (χ3v) is 7.71. The minimum Gasteiger partial charge on any atom is -0.463 e. The number of nitrogens with one attached hydrogen (secondary N) is 2. The normalized spacial score (nSPS) is 17.1. The summed E-state index contributed by atoms with van der Waals surface area (Å²) in [5.41, 5.74) is 9.46. The first-order valence-electron chi connectivity index (χ1n) is 14.8. The average Bonchev–Trinajstić information content (AvgIpc) is 3.03. The zero-order valence-electron chi connectivity index (χ0n) is 24.6. The summed E-state index contributed by atoms with van der Waals surface area (Å²) in [6.45, 7) is 5.99.